The SMILES string of the molecule is CN(CC(=O)N1CCCC1)c1ccc(S(=O)(=O)N2CCCCC2)cc1[N+](=O)[O-]. The number of amides is 1. The quantitative estimate of drug-likeness (QED) is 0.523. The molecule has 10 heteroatoms. The summed E-state index contributed by atoms with van der Waals surface area (Å²) >= 11 is 0. The second-order valence-electron chi connectivity index (χ2n) is 7.32. The summed E-state index contributed by atoms with van der Waals surface area (Å²) in [6, 6.07) is 3.92. The van der Waals surface area contributed by atoms with Crippen molar-refractivity contribution in [2.75, 3.05) is 44.7 Å². The standard InChI is InChI=1S/C18H26N4O5S/c1-19(14-18(23)20-9-5-6-10-20)16-8-7-15(13-17(16)22(24)25)28(26,27)21-11-3-2-4-12-21/h7-8,13H,2-6,9-12,14H2,1H3. The minimum Gasteiger partial charge on any atom is -0.360 e. The largest absolute Gasteiger partial charge is 0.360 e. The Morgan fingerprint density at radius 1 is 1.11 bits per heavy atom. The number of anilines is 1. The fourth-order valence-corrected chi connectivity index (χ4v) is 5.28. The van der Waals surface area contributed by atoms with Gasteiger partial charge in [-0.15, -0.1) is 0 Å². The Balaban J connectivity index is 1.84. The molecule has 2 heterocycles. The van der Waals surface area contributed by atoms with Crippen LogP contribution in [0.1, 0.15) is 32.1 Å². The molecule has 0 bridgehead atoms. The first-order valence-electron chi connectivity index (χ1n) is 9.58. The zero-order valence-electron chi connectivity index (χ0n) is 16.0. The minimum absolute atomic E-state index is 0.0130. The van der Waals surface area contributed by atoms with Crippen LogP contribution < -0.4 is 4.90 Å². The van der Waals surface area contributed by atoms with Crippen LogP contribution in [0.4, 0.5) is 11.4 Å². The summed E-state index contributed by atoms with van der Waals surface area (Å²) in [4.78, 5) is 26.5. The van der Waals surface area contributed by atoms with Crippen LogP contribution in [0.5, 0.6) is 0 Å². The Hall–Kier alpha value is -2.20. The summed E-state index contributed by atoms with van der Waals surface area (Å²) in [5.41, 5.74) is -0.0788. The summed E-state index contributed by atoms with van der Waals surface area (Å²) in [6.07, 6.45) is 4.51. The zero-order valence-corrected chi connectivity index (χ0v) is 16.9. The molecule has 154 valence electrons. The van der Waals surface area contributed by atoms with Crippen molar-refractivity contribution in [1.29, 1.82) is 0 Å². The fraction of sp³-hybridized carbons (Fsp3) is 0.611. The molecule has 3 rings (SSSR count). The van der Waals surface area contributed by atoms with Gasteiger partial charge in [0.15, 0.2) is 0 Å². The van der Waals surface area contributed by atoms with E-state index in [4.69, 9.17) is 0 Å². The maximum atomic E-state index is 12.8. The third-order valence-corrected chi connectivity index (χ3v) is 7.23. The molecule has 1 amide bonds. The highest BCUT2D eigenvalue weighted by atomic mass is 32.2. The number of benzene rings is 1. The van der Waals surface area contributed by atoms with E-state index in [0.717, 1.165) is 38.2 Å². The Morgan fingerprint density at radius 3 is 2.32 bits per heavy atom. The lowest BCUT2D eigenvalue weighted by Crippen LogP contribution is -2.37. The number of piperidine rings is 1. The van der Waals surface area contributed by atoms with E-state index in [-0.39, 0.29) is 28.7 Å². The van der Waals surface area contributed by atoms with Crippen molar-refractivity contribution in [3.8, 4) is 0 Å². The number of carbonyl (C=O) groups is 1. The van der Waals surface area contributed by atoms with E-state index >= 15 is 0 Å². The molecular formula is C18H26N4O5S. The smallest absolute Gasteiger partial charge is 0.293 e. The van der Waals surface area contributed by atoms with Gasteiger partial charge in [0.25, 0.3) is 5.69 Å². The maximum Gasteiger partial charge on any atom is 0.293 e. The van der Waals surface area contributed by atoms with Gasteiger partial charge >= 0.3 is 0 Å². The van der Waals surface area contributed by atoms with E-state index in [0.29, 0.717) is 26.2 Å². The fourth-order valence-electron chi connectivity index (χ4n) is 3.74. The molecular weight excluding hydrogens is 384 g/mol. The molecule has 0 N–H and O–H groups in total. The van der Waals surface area contributed by atoms with E-state index in [1.54, 1.807) is 11.9 Å². The van der Waals surface area contributed by atoms with Gasteiger partial charge in [-0.3, -0.25) is 14.9 Å². The van der Waals surface area contributed by atoms with Crippen LogP contribution in [0.3, 0.4) is 0 Å². The molecule has 0 aromatic heterocycles. The van der Waals surface area contributed by atoms with Gasteiger partial charge in [-0.1, -0.05) is 6.42 Å². The van der Waals surface area contributed by atoms with Crippen molar-refractivity contribution in [2.45, 2.75) is 37.0 Å². The first-order valence-corrected chi connectivity index (χ1v) is 11.0. The van der Waals surface area contributed by atoms with Crippen LogP contribution in [0, 0.1) is 10.1 Å². The predicted molar refractivity (Wildman–Crippen MR) is 105 cm³/mol. The molecule has 9 nitrogen and oxygen atoms in total. The Bertz CT molecular complexity index is 846. The molecule has 1 aromatic carbocycles. The average Bonchev–Trinajstić information content (AvgIpc) is 3.23. The van der Waals surface area contributed by atoms with Gasteiger partial charge in [0.2, 0.25) is 15.9 Å². The first kappa shape index (κ1) is 20.5. The van der Waals surface area contributed by atoms with Gasteiger partial charge in [-0.2, -0.15) is 4.31 Å². The molecule has 2 aliphatic heterocycles. The molecule has 0 radical (unpaired) electrons. The number of hydrogen-bond acceptors (Lipinski definition) is 6. The van der Waals surface area contributed by atoms with Crippen molar-refractivity contribution in [2.24, 2.45) is 0 Å². The monoisotopic (exact) mass is 410 g/mol. The number of nitro benzene ring substituents is 1. The van der Waals surface area contributed by atoms with Gasteiger partial charge in [0.05, 0.1) is 16.4 Å². The Kier molecular flexibility index (Phi) is 6.19. The number of carbonyl (C=O) groups excluding carboxylic acids is 1. The molecule has 0 atom stereocenters. The summed E-state index contributed by atoms with van der Waals surface area (Å²) in [6.45, 7) is 2.30. The molecule has 0 aliphatic carbocycles. The van der Waals surface area contributed by atoms with Crippen molar-refractivity contribution in [3.63, 3.8) is 0 Å². The van der Waals surface area contributed by atoms with Crippen LogP contribution in [-0.2, 0) is 14.8 Å². The van der Waals surface area contributed by atoms with Crippen LogP contribution in [0.2, 0.25) is 0 Å². The van der Waals surface area contributed by atoms with Crippen LogP contribution in [0.25, 0.3) is 0 Å². The highest BCUT2D eigenvalue weighted by molar-refractivity contribution is 7.89. The molecule has 2 saturated heterocycles. The second-order valence-corrected chi connectivity index (χ2v) is 9.25. The zero-order chi connectivity index (χ0) is 20.3. The Labute approximate surface area is 165 Å². The normalized spacial score (nSPS) is 18.2. The molecule has 1 aromatic rings. The molecule has 0 spiro atoms. The van der Waals surface area contributed by atoms with E-state index in [1.165, 1.54) is 21.3 Å². The lowest BCUT2D eigenvalue weighted by molar-refractivity contribution is -0.384. The molecule has 28 heavy (non-hydrogen) atoms. The first-order chi connectivity index (χ1) is 13.3. The molecule has 2 fully saturated rings. The van der Waals surface area contributed by atoms with Gasteiger partial charge in [-0.25, -0.2) is 8.42 Å². The van der Waals surface area contributed by atoms with Gasteiger partial charge in [0.1, 0.15) is 5.69 Å². The lowest BCUT2D eigenvalue weighted by atomic mass is 10.2. The van der Waals surface area contributed by atoms with Crippen LogP contribution in [-0.4, -0.2) is 68.2 Å². The van der Waals surface area contributed by atoms with Gasteiger partial charge in [0, 0.05) is 39.3 Å². The van der Waals surface area contributed by atoms with Crippen LogP contribution in [0.15, 0.2) is 23.1 Å². The summed E-state index contributed by atoms with van der Waals surface area (Å²) in [7, 11) is -2.16. The summed E-state index contributed by atoms with van der Waals surface area (Å²) < 4.78 is 27.0. The second kappa shape index (κ2) is 8.44. The average molecular weight is 410 g/mol. The number of rotatable bonds is 6. The number of sulfonamides is 1. The summed E-state index contributed by atoms with van der Waals surface area (Å²) in [5.74, 6) is -0.0840. The minimum atomic E-state index is -3.76. The van der Waals surface area contributed by atoms with Crippen molar-refractivity contribution >= 4 is 27.3 Å². The van der Waals surface area contributed by atoms with Crippen molar-refractivity contribution in [3.05, 3.63) is 28.3 Å². The third-order valence-electron chi connectivity index (χ3n) is 5.34. The van der Waals surface area contributed by atoms with E-state index < -0.39 is 14.9 Å². The topological polar surface area (TPSA) is 104 Å². The third kappa shape index (κ3) is 4.27. The van der Waals surface area contributed by atoms with E-state index in [1.807, 2.05) is 0 Å². The molecule has 2 aliphatic rings. The lowest BCUT2D eigenvalue weighted by Gasteiger charge is -2.26. The highest BCUT2D eigenvalue weighted by Crippen LogP contribution is 2.32. The number of likely N-dealkylation sites (N-methyl/N-ethyl adjacent to an activating group) is 1. The molecule has 0 unspecified atom stereocenters. The van der Waals surface area contributed by atoms with E-state index in [2.05, 4.69) is 0 Å². The van der Waals surface area contributed by atoms with Gasteiger partial charge in [-0.05, 0) is 37.8 Å². The van der Waals surface area contributed by atoms with Crippen molar-refractivity contribution in [1.82, 2.24) is 9.21 Å². The number of likely N-dealkylation sites (tertiary alicyclic amines) is 1. The maximum absolute atomic E-state index is 12.8. The van der Waals surface area contributed by atoms with E-state index in [9.17, 15) is 23.3 Å². The van der Waals surface area contributed by atoms with Crippen molar-refractivity contribution < 1.29 is 18.1 Å². The number of nitro groups is 1. The summed E-state index contributed by atoms with van der Waals surface area (Å²) in [5, 5.41) is 11.6. The molecule has 0 saturated carbocycles. The van der Waals surface area contributed by atoms with Crippen LogP contribution >= 0.6 is 0 Å². The number of hydrogen-bond donors (Lipinski definition) is 0. The Morgan fingerprint density at radius 2 is 1.71 bits per heavy atom. The number of nitrogens with zero attached hydrogens (tertiary/aromatic N) is 4. The highest BCUT2D eigenvalue weighted by Gasteiger charge is 2.30. The van der Waals surface area contributed by atoms with Gasteiger partial charge < -0.3 is 9.80 Å². The predicted octanol–water partition coefficient (Wildman–Crippen LogP) is 1.83.